The lowest BCUT2D eigenvalue weighted by Crippen LogP contribution is -1.96. The third-order valence-electron chi connectivity index (χ3n) is 3.46. The summed E-state index contributed by atoms with van der Waals surface area (Å²) in [5, 5.41) is 0.990. The fourth-order valence-corrected chi connectivity index (χ4v) is 2.65. The van der Waals surface area contributed by atoms with Crippen LogP contribution in [0.4, 0.5) is 0 Å². The van der Waals surface area contributed by atoms with Gasteiger partial charge < -0.3 is 9.47 Å². The lowest BCUT2D eigenvalue weighted by molar-refractivity contribution is 0.309. The van der Waals surface area contributed by atoms with E-state index in [4.69, 9.17) is 9.47 Å². The Morgan fingerprint density at radius 3 is 2.59 bits per heavy atom. The van der Waals surface area contributed by atoms with Gasteiger partial charge in [0.1, 0.15) is 18.1 Å². The quantitative estimate of drug-likeness (QED) is 0.647. The molecule has 0 spiro atoms. The molecule has 3 rings (SSSR count). The highest BCUT2D eigenvalue weighted by Gasteiger charge is 2.05. The second-order valence-electron chi connectivity index (χ2n) is 4.83. The number of nitrogens with zero attached hydrogens (tertiary/aromatic N) is 1. The van der Waals surface area contributed by atoms with Gasteiger partial charge in [-0.15, -0.1) is 11.8 Å². The van der Waals surface area contributed by atoms with Crippen molar-refractivity contribution in [2.75, 3.05) is 13.4 Å². The number of benzene rings is 2. The molecule has 1 aromatic heterocycles. The Morgan fingerprint density at radius 1 is 1.05 bits per heavy atom. The molecule has 22 heavy (non-hydrogen) atoms. The van der Waals surface area contributed by atoms with E-state index in [1.165, 1.54) is 4.90 Å². The predicted octanol–water partition coefficient (Wildman–Crippen LogP) is 4.54. The summed E-state index contributed by atoms with van der Waals surface area (Å²) >= 11 is 1.74. The molecule has 0 bridgehead atoms. The van der Waals surface area contributed by atoms with Crippen LogP contribution in [0.15, 0.2) is 59.6 Å². The minimum absolute atomic E-state index is 0.541. The Balaban J connectivity index is 1.81. The molecule has 0 amide bonds. The molecule has 0 unspecified atom stereocenters. The van der Waals surface area contributed by atoms with E-state index in [1.807, 2.05) is 24.3 Å². The van der Waals surface area contributed by atoms with Crippen LogP contribution in [0.5, 0.6) is 11.5 Å². The number of aromatic nitrogens is 1. The summed E-state index contributed by atoms with van der Waals surface area (Å²) in [4.78, 5) is 5.62. The maximum atomic E-state index is 5.96. The zero-order valence-corrected chi connectivity index (χ0v) is 13.4. The summed E-state index contributed by atoms with van der Waals surface area (Å²) in [5.41, 5.74) is 2.02. The molecule has 0 saturated carbocycles. The van der Waals surface area contributed by atoms with Crippen molar-refractivity contribution in [3.8, 4) is 11.5 Å². The summed E-state index contributed by atoms with van der Waals surface area (Å²) in [6, 6.07) is 16.1. The van der Waals surface area contributed by atoms with Crippen LogP contribution in [0, 0.1) is 0 Å². The first kappa shape index (κ1) is 14.7. The van der Waals surface area contributed by atoms with Gasteiger partial charge in [-0.3, -0.25) is 4.98 Å². The van der Waals surface area contributed by atoms with E-state index in [0.29, 0.717) is 6.61 Å². The smallest absolute Gasteiger partial charge is 0.130 e. The fraction of sp³-hybridized carbons (Fsp3) is 0.167. The lowest BCUT2D eigenvalue weighted by Gasteiger charge is -2.10. The van der Waals surface area contributed by atoms with E-state index in [1.54, 1.807) is 25.1 Å². The molecule has 112 valence electrons. The van der Waals surface area contributed by atoms with E-state index in [0.717, 1.165) is 28.0 Å². The van der Waals surface area contributed by atoms with Crippen molar-refractivity contribution < 1.29 is 9.47 Å². The highest BCUT2D eigenvalue weighted by Crippen LogP contribution is 2.27. The van der Waals surface area contributed by atoms with Crippen LogP contribution >= 0.6 is 11.8 Å². The van der Waals surface area contributed by atoms with Crippen LogP contribution in [0.25, 0.3) is 10.9 Å². The first-order chi connectivity index (χ1) is 10.8. The molecular formula is C18H17NO2S. The van der Waals surface area contributed by atoms with Crippen LogP contribution in [0.3, 0.4) is 0 Å². The summed E-state index contributed by atoms with van der Waals surface area (Å²) in [6.45, 7) is 0.541. The molecule has 0 saturated heterocycles. The lowest BCUT2D eigenvalue weighted by atomic mass is 10.2. The van der Waals surface area contributed by atoms with Crippen molar-refractivity contribution in [2.45, 2.75) is 11.5 Å². The van der Waals surface area contributed by atoms with Crippen molar-refractivity contribution in [2.24, 2.45) is 0 Å². The number of ether oxygens (including phenoxy) is 2. The van der Waals surface area contributed by atoms with Gasteiger partial charge in [-0.25, -0.2) is 0 Å². The van der Waals surface area contributed by atoms with E-state index in [2.05, 4.69) is 35.5 Å². The molecular weight excluding hydrogens is 294 g/mol. The monoisotopic (exact) mass is 311 g/mol. The fourth-order valence-electron chi connectivity index (χ4n) is 2.24. The van der Waals surface area contributed by atoms with Gasteiger partial charge in [0.25, 0.3) is 0 Å². The van der Waals surface area contributed by atoms with Gasteiger partial charge in [0, 0.05) is 22.5 Å². The van der Waals surface area contributed by atoms with Gasteiger partial charge in [-0.05, 0) is 42.2 Å². The summed E-state index contributed by atoms with van der Waals surface area (Å²) in [6.07, 6.45) is 3.83. The topological polar surface area (TPSA) is 31.4 Å². The molecule has 0 N–H and O–H groups in total. The highest BCUT2D eigenvalue weighted by atomic mass is 32.2. The first-order valence-electron chi connectivity index (χ1n) is 6.98. The number of thioether (sulfide) groups is 1. The van der Waals surface area contributed by atoms with Crippen molar-refractivity contribution in [1.82, 2.24) is 4.98 Å². The molecule has 1 heterocycles. The molecule has 0 aliphatic carbocycles. The summed E-state index contributed by atoms with van der Waals surface area (Å²) in [5.74, 6) is 1.63. The van der Waals surface area contributed by atoms with Crippen LogP contribution in [-0.2, 0) is 6.61 Å². The highest BCUT2D eigenvalue weighted by molar-refractivity contribution is 7.98. The Morgan fingerprint density at radius 2 is 1.86 bits per heavy atom. The molecule has 0 fully saturated rings. The minimum atomic E-state index is 0.541. The third kappa shape index (κ3) is 3.17. The Hall–Kier alpha value is -2.20. The number of pyridine rings is 1. The molecule has 0 radical (unpaired) electrons. The maximum Gasteiger partial charge on any atom is 0.130 e. The average molecular weight is 311 g/mol. The largest absolute Gasteiger partial charge is 0.497 e. The van der Waals surface area contributed by atoms with Crippen molar-refractivity contribution in [1.29, 1.82) is 0 Å². The van der Waals surface area contributed by atoms with Crippen molar-refractivity contribution >= 4 is 22.7 Å². The number of hydrogen-bond donors (Lipinski definition) is 0. The Kier molecular flexibility index (Phi) is 4.49. The molecule has 0 aliphatic heterocycles. The van der Waals surface area contributed by atoms with E-state index < -0.39 is 0 Å². The first-order valence-corrected chi connectivity index (χ1v) is 8.21. The van der Waals surface area contributed by atoms with Crippen molar-refractivity contribution in [3.05, 3.63) is 60.3 Å². The van der Waals surface area contributed by atoms with E-state index in [9.17, 15) is 0 Å². The van der Waals surface area contributed by atoms with Crippen LogP contribution in [0.2, 0.25) is 0 Å². The maximum absolute atomic E-state index is 5.96. The van der Waals surface area contributed by atoms with Crippen LogP contribution < -0.4 is 9.47 Å². The zero-order chi connectivity index (χ0) is 15.4. The van der Waals surface area contributed by atoms with Gasteiger partial charge in [0.15, 0.2) is 0 Å². The Bertz CT molecular complexity index is 772. The van der Waals surface area contributed by atoms with Gasteiger partial charge >= 0.3 is 0 Å². The summed E-state index contributed by atoms with van der Waals surface area (Å²) in [7, 11) is 1.65. The molecule has 3 nitrogen and oxygen atoms in total. The second-order valence-corrected chi connectivity index (χ2v) is 5.71. The van der Waals surface area contributed by atoms with Gasteiger partial charge in [-0.2, -0.15) is 0 Å². The van der Waals surface area contributed by atoms with E-state index in [-0.39, 0.29) is 0 Å². The normalized spacial score (nSPS) is 10.6. The van der Waals surface area contributed by atoms with E-state index >= 15 is 0 Å². The summed E-state index contributed by atoms with van der Waals surface area (Å²) < 4.78 is 11.2. The zero-order valence-electron chi connectivity index (χ0n) is 12.6. The minimum Gasteiger partial charge on any atom is -0.497 e. The molecule has 3 aromatic rings. The van der Waals surface area contributed by atoms with Gasteiger partial charge in [-0.1, -0.05) is 12.1 Å². The molecule has 0 atom stereocenters. The van der Waals surface area contributed by atoms with Crippen LogP contribution in [0.1, 0.15) is 5.56 Å². The molecule has 0 aliphatic rings. The SMILES string of the molecule is COc1ccc2c(OCc3ccc(SC)cc3)ccnc2c1. The number of rotatable bonds is 5. The second kappa shape index (κ2) is 6.71. The molecule has 2 aromatic carbocycles. The predicted molar refractivity (Wildman–Crippen MR) is 90.9 cm³/mol. The number of methoxy groups -OCH3 is 1. The molecule has 4 heteroatoms. The number of hydrogen-bond acceptors (Lipinski definition) is 4. The van der Waals surface area contributed by atoms with Crippen molar-refractivity contribution in [3.63, 3.8) is 0 Å². The standard InChI is InChI=1S/C18H17NO2S/c1-20-14-5-8-16-17(11-14)19-10-9-18(16)21-12-13-3-6-15(22-2)7-4-13/h3-11H,12H2,1-2H3. The van der Waals surface area contributed by atoms with Crippen LogP contribution in [-0.4, -0.2) is 18.3 Å². The Labute approximate surface area is 134 Å². The van der Waals surface area contributed by atoms with Gasteiger partial charge in [0.2, 0.25) is 0 Å². The average Bonchev–Trinajstić information content (AvgIpc) is 2.59. The number of fused-ring (bicyclic) bond motifs is 1. The van der Waals surface area contributed by atoms with Gasteiger partial charge in [0.05, 0.1) is 12.6 Å². The third-order valence-corrected chi connectivity index (χ3v) is 4.21.